The Bertz CT molecular complexity index is 699. The lowest BCUT2D eigenvalue weighted by molar-refractivity contribution is -0.128. The van der Waals surface area contributed by atoms with Crippen LogP contribution in [0.4, 0.5) is 0 Å². The first-order valence-electron chi connectivity index (χ1n) is 9.09. The Hall–Kier alpha value is -2.33. The van der Waals surface area contributed by atoms with E-state index in [-0.39, 0.29) is 18.1 Å². The van der Waals surface area contributed by atoms with Crippen LogP contribution in [0.15, 0.2) is 54.6 Å². The van der Waals surface area contributed by atoms with Gasteiger partial charge in [-0.3, -0.25) is 9.69 Å². The highest BCUT2D eigenvalue weighted by Gasteiger charge is 2.30. The van der Waals surface area contributed by atoms with Crippen LogP contribution in [0.25, 0.3) is 0 Å². The van der Waals surface area contributed by atoms with Crippen molar-refractivity contribution >= 4 is 5.91 Å². The van der Waals surface area contributed by atoms with E-state index in [4.69, 9.17) is 4.74 Å². The standard InChI is InChI=1S/C21H24N2O2/c24-21(20-14-17-8-4-5-9-19(17)25-20)22-18-10-12-23(13-11-18)15-16-6-2-1-3-7-16/h1-9,18,20H,10-15H2,(H,22,24)/t20-/m0/s1. The Morgan fingerprint density at radius 1 is 1.04 bits per heavy atom. The number of fused-ring (bicyclic) bond motifs is 1. The van der Waals surface area contributed by atoms with Gasteiger partial charge in [-0.05, 0) is 30.0 Å². The van der Waals surface area contributed by atoms with E-state index in [2.05, 4.69) is 40.5 Å². The van der Waals surface area contributed by atoms with Gasteiger partial charge in [-0.25, -0.2) is 0 Å². The first kappa shape index (κ1) is 16.2. The Morgan fingerprint density at radius 3 is 2.52 bits per heavy atom. The van der Waals surface area contributed by atoms with E-state index < -0.39 is 0 Å². The van der Waals surface area contributed by atoms with Crippen LogP contribution in [0, 0.1) is 0 Å². The van der Waals surface area contributed by atoms with Crippen molar-refractivity contribution in [3.63, 3.8) is 0 Å². The first-order chi connectivity index (χ1) is 12.3. The van der Waals surface area contributed by atoms with Gasteiger partial charge in [-0.15, -0.1) is 0 Å². The predicted octanol–water partition coefficient (Wildman–Crippen LogP) is 2.77. The molecule has 2 aromatic carbocycles. The summed E-state index contributed by atoms with van der Waals surface area (Å²) in [5, 5.41) is 3.19. The molecule has 2 aliphatic heterocycles. The number of carbonyl (C=O) groups is 1. The summed E-state index contributed by atoms with van der Waals surface area (Å²) < 4.78 is 5.79. The molecule has 0 spiro atoms. The van der Waals surface area contributed by atoms with Crippen molar-refractivity contribution in [3.8, 4) is 5.75 Å². The molecule has 130 valence electrons. The zero-order valence-corrected chi connectivity index (χ0v) is 14.4. The highest BCUT2D eigenvalue weighted by Crippen LogP contribution is 2.28. The van der Waals surface area contributed by atoms with Crippen molar-refractivity contribution in [1.29, 1.82) is 0 Å². The maximum Gasteiger partial charge on any atom is 0.261 e. The quantitative estimate of drug-likeness (QED) is 0.933. The third-order valence-electron chi connectivity index (χ3n) is 5.12. The molecule has 1 N–H and O–H groups in total. The van der Waals surface area contributed by atoms with Gasteiger partial charge in [0.05, 0.1) is 0 Å². The van der Waals surface area contributed by atoms with E-state index in [1.807, 2.05) is 24.3 Å². The van der Waals surface area contributed by atoms with Gasteiger partial charge in [-0.1, -0.05) is 48.5 Å². The van der Waals surface area contributed by atoms with Crippen LogP contribution in [0.5, 0.6) is 5.75 Å². The van der Waals surface area contributed by atoms with E-state index in [1.165, 1.54) is 5.56 Å². The zero-order chi connectivity index (χ0) is 17.1. The Balaban J connectivity index is 1.24. The summed E-state index contributed by atoms with van der Waals surface area (Å²) in [4.78, 5) is 15.0. The van der Waals surface area contributed by atoms with Gasteiger partial charge in [0.25, 0.3) is 5.91 Å². The van der Waals surface area contributed by atoms with Crippen LogP contribution < -0.4 is 10.1 Å². The summed E-state index contributed by atoms with van der Waals surface area (Å²) in [6, 6.07) is 18.7. The summed E-state index contributed by atoms with van der Waals surface area (Å²) in [7, 11) is 0. The van der Waals surface area contributed by atoms with Crippen LogP contribution in [0.3, 0.4) is 0 Å². The lowest BCUT2D eigenvalue weighted by atomic mass is 10.0. The molecule has 1 fully saturated rings. The van der Waals surface area contributed by atoms with Gasteiger partial charge >= 0.3 is 0 Å². The molecule has 1 amide bonds. The number of piperidine rings is 1. The zero-order valence-electron chi connectivity index (χ0n) is 14.4. The number of ether oxygens (including phenoxy) is 1. The van der Waals surface area contributed by atoms with Gasteiger partial charge in [0.15, 0.2) is 6.10 Å². The Labute approximate surface area is 148 Å². The molecule has 0 aliphatic carbocycles. The first-order valence-corrected chi connectivity index (χ1v) is 9.09. The molecular weight excluding hydrogens is 312 g/mol. The Kier molecular flexibility index (Phi) is 4.70. The van der Waals surface area contributed by atoms with Gasteiger partial charge in [0.2, 0.25) is 0 Å². The average Bonchev–Trinajstić information content (AvgIpc) is 3.09. The maximum atomic E-state index is 12.5. The number of rotatable bonds is 4. The minimum Gasteiger partial charge on any atom is -0.480 e. The number of nitrogens with zero attached hydrogens (tertiary/aromatic N) is 1. The molecule has 1 saturated heterocycles. The van der Waals surface area contributed by atoms with E-state index in [0.717, 1.165) is 43.8 Å². The molecule has 4 heteroatoms. The molecule has 0 saturated carbocycles. The smallest absolute Gasteiger partial charge is 0.261 e. The number of nitrogens with one attached hydrogen (secondary N) is 1. The molecule has 4 rings (SSSR count). The second-order valence-electron chi connectivity index (χ2n) is 6.96. The molecule has 0 radical (unpaired) electrons. The average molecular weight is 336 g/mol. The molecule has 25 heavy (non-hydrogen) atoms. The topological polar surface area (TPSA) is 41.6 Å². The summed E-state index contributed by atoms with van der Waals surface area (Å²) in [6.45, 7) is 3.03. The number of hydrogen-bond donors (Lipinski definition) is 1. The van der Waals surface area contributed by atoms with Crippen LogP contribution in [0.1, 0.15) is 24.0 Å². The molecule has 0 unspecified atom stereocenters. The number of amides is 1. The normalized spacial score (nSPS) is 20.7. The van der Waals surface area contributed by atoms with E-state index in [1.54, 1.807) is 0 Å². The van der Waals surface area contributed by atoms with Crippen molar-refractivity contribution in [1.82, 2.24) is 10.2 Å². The maximum absolute atomic E-state index is 12.5. The number of likely N-dealkylation sites (tertiary alicyclic amines) is 1. The Morgan fingerprint density at radius 2 is 1.76 bits per heavy atom. The number of carbonyl (C=O) groups excluding carboxylic acids is 1. The highest BCUT2D eigenvalue weighted by atomic mass is 16.5. The van der Waals surface area contributed by atoms with Gasteiger partial charge < -0.3 is 10.1 Å². The van der Waals surface area contributed by atoms with Crippen molar-refractivity contribution in [2.24, 2.45) is 0 Å². The van der Waals surface area contributed by atoms with Crippen molar-refractivity contribution < 1.29 is 9.53 Å². The molecule has 2 aromatic rings. The van der Waals surface area contributed by atoms with Gasteiger partial charge in [0.1, 0.15) is 5.75 Å². The fraction of sp³-hybridized carbons (Fsp3) is 0.381. The molecule has 2 heterocycles. The van der Waals surface area contributed by atoms with Crippen LogP contribution in [-0.4, -0.2) is 36.0 Å². The molecule has 0 aromatic heterocycles. The van der Waals surface area contributed by atoms with Crippen molar-refractivity contribution in [2.75, 3.05) is 13.1 Å². The molecule has 4 nitrogen and oxygen atoms in total. The SMILES string of the molecule is O=C(NC1CCN(Cc2ccccc2)CC1)[C@@H]1Cc2ccccc2O1. The second kappa shape index (κ2) is 7.28. The van der Waals surface area contributed by atoms with Crippen molar-refractivity contribution in [2.45, 2.75) is 38.0 Å². The largest absolute Gasteiger partial charge is 0.480 e. The molecule has 0 bridgehead atoms. The fourth-order valence-corrected chi connectivity index (χ4v) is 3.70. The summed E-state index contributed by atoms with van der Waals surface area (Å²) in [5.74, 6) is 0.873. The minimum absolute atomic E-state index is 0.0257. The van der Waals surface area contributed by atoms with E-state index in [0.29, 0.717) is 6.42 Å². The lowest BCUT2D eigenvalue weighted by Gasteiger charge is -2.32. The monoisotopic (exact) mass is 336 g/mol. The molecule has 1 atom stereocenters. The fourth-order valence-electron chi connectivity index (χ4n) is 3.70. The third kappa shape index (κ3) is 3.85. The lowest BCUT2D eigenvalue weighted by Crippen LogP contribution is -2.48. The number of hydrogen-bond acceptors (Lipinski definition) is 3. The van der Waals surface area contributed by atoms with Gasteiger partial charge in [-0.2, -0.15) is 0 Å². The highest BCUT2D eigenvalue weighted by molar-refractivity contribution is 5.82. The molecular formula is C21H24N2O2. The molecule has 2 aliphatic rings. The number of para-hydroxylation sites is 1. The summed E-state index contributed by atoms with van der Waals surface area (Å²) in [6.07, 6.45) is 2.30. The predicted molar refractivity (Wildman–Crippen MR) is 97.4 cm³/mol. The second-order valence-corrected chi connectivity index (χ2v) is 6.96. The minimum atomic E-state index is -0.375. The van der Waals surface area contributed by atoms with E-state index >= 15 is 0 Å². The van der Waals surface area contributed by atoms with Crippen LogP contribution >= 0.6 is 0 Å². The van der Waals surface area contributed by atoms with E-state index in [9.17, 15) is 4.79 Å². The summed E-state index contributed by atoms with van der Waals surface area (Å²) >= 11 is 0. The number of benzene rings is 2. The third-order valence-corrected chi connectivity index (χ3v) is 5.12. The van der Waals surface area contributed by atoms with Crippen LogP contribution in [0.2, 0.25) is 0 Å². The summed E-state index contributed by atoms with van der Waals surface area (Å²) in [5.41, 5.74) is 2.47. The van der Waals surface area contributed by atoms with Crippen LogP contribution in [-0.2, 0) is 17.8 Å². The van der Waals surface area contributed by atoms with Gasteiger partial charge in [0, 0.05) is 32.1 Å². The van der Waals surface area contributed by atoms with Crippen molar-refractivity contribution in [3.05, 3.63) is 65.7 Å².